The number of nitrogens with one attached hydrogen (secondary N) is 1. The molecule has 0 radical (unpaired) electrons. The molecule has 0 aliphatic carbocycles. The zero-order valence-corrected chi connectivity index (χ0v) is 12.2. The Hall–Kier alpha value is -1.64. The molecule has 0 bridgehead atoms. The van der Waals surface area contributed by atoms with Crippen LogP contribution in [0, 0.1) is 12.8 Å². The Kier molecular flexibility index (Phi) is 5.74. The number of carbonyl (C=O) groups is 2. The first-order valence-electron chi connectivity index (χ1n) is 6.88. The molecular formula is C16H23NO2. The average Bonchev–Trinajstić information content (AvgIpc) is 2.38. The molecule has 1 amide bonds. The molecule has 3 heteroatoms. The predicted molar refractivity (Wildman–Crippen MR) is 78.5 cm³/mol. The predicted octanol–water partition coefficient (Wildman–Crippen LogP) is 3.96. The van der Waals surface area contributed by atoms with Crippen LogP contribution in [0.5, 0.6) is 0 Å². The van der Waals surface area contributed by atoms with E-state index >= 15 is 0 Å². The highest BCUT2D eigenvalue weighted by atomic mass is 16.2. The number of hydrogen-bond donors (Lipinski definition) is 1. The Labute approximate surface area is 115 Å². The summed E-state index contributed by atoms with van der Waals surface area (Å²) in [5, 5.41) is 2.92. The standard InChI is InChI=1S/C16H23NO2/c1-5-6-7-12(3)16(19)17-15-10-14(13(4)18)9-8-11(15)2/h8-10,12H,5-7H2,1-4H3,(H,17,19)/t12-/m1/s1. The summed E-state index contributed by atoms with van der Waals surface area (Å²) >= 11 is 0. The van der Waals surface area contributed by atoms with Crippen molar-refractivity contribution in [3.05, 3.63) is 29.3 Å². The normalized spacial score (nSPS) is 12.0. The van der Waals surface area contributed by atoms with Gasteiger partial charge in [-0.2, -0.15) is 0 Å². The second kappa shape index (κ2) is 7.07. The molecule has 0 aromatic heterocycles. The first-order chi connectivity index (χ1) is 8.95. The van der Waals surface area contributed by atoms with E-state index in [-0.39, 0.29) is 17.6 Å². The van der Waals surface area contributed by atoms with Gasteiger partial charge in [0.05, 0.1) is 0 Å². The largest absolute Gasteiger partial charge is 0.326 e. The van der Waals surface area contributed by atoms with E-state index in [0.29, 0.717) is 5.56 Å². The molecule has 1 rings (SSSR count). The Morgan fingerprint density at radius 2 is 2.00 bits per heavy atom. The van der Waals surface area contributed by atoms with Crippen molar-refractivity contribution in [2.24, 2.45) is 5.92 Å². The molecule has 19 heavy (non-hydrogen) atoms. The summed E-state index contributed by atoms with van der Waals surface area (Å²) < 4.78 is 0. The van der Waals surface area contributed by atoms with Crippen LogP contribution in [0.3, 0.4) is 0 Å². The Morgan fingerprint density at radius 3 is 2.58 bits per heavy atom. The van der Waals surface area contributed by atoms with Crippen molar-refractivity contribution in [1.82, 2.24) is 0 Å². The van der Waals surface area contributed by atoms with Crippen molar-refractivity contribution in [3.8, 4) is 0 Å². The van der Waals surface area contributed by atoms with Crippen LogP contribution >= 0.6 is 0 Å². The average molecular weight is 261 g/mol. The van der Waals surface area contributed by atoms with Gasteiger partial charge in [0.25, 0.3) is 0 Å². The minimum Gasteiger partial charge on any atom is -0.326 e. The molecule has 0 saturated carbocycles. The summed E-state index contributed by atoms with van der Waals surface area (Å²) in [7, 11) is 0. The topological polar surface area (TPSA) is 46.2 Å². The summed E-state index contributed by atoms with van der Waals surface area (Å²) in [5.74, 6) is 0.0344. The lowest BCUT2D eigenvalue weighted by molar-refractivity contribution is -0.119. The first kappa shape index (κ1) is 15.4. The molecule has 0 aliphatic rings. The minimum absolute atomic E-state index is 0.000309. The number of ketones is 1. The summed E-state index contributed by atoms with van der Waals surface area (Å²) in [6.07, 6.45) is 3.05. The fourth-order valence-electron chi connectivity index (χ4n) is 1.87. The summed E-state index contributed by atoms with van der Waals surface area (Å²) in [6, 6.07) is 5.40. The highest BCUT2D eigenvalue weighted by Gasteiger charge is 2.14. The molecule has 1 N–H and O–H groups in total. The van der Waals surface area contributed by atoms with Crippen LogP contribution in [-0.4, -0.2) is 11.7 Å². The van der Waals surface area contributed by atoms with E-state index in [2.05, 4.69) is 12.2 Å². The third-order valence-electron chi connectivity index (χ3n) is 3.34. The van der Waals surface area contributed by atoms with E-state index in [1.54, 1.807) is 12.1 Å². The van der Waals surface area contributed by atoms with Gasteiger partial charge in [-0.05, 0) is 31.9 Å². The maximum Gasteiger partial charge on any atom is 0.227 e. The number of Topliss-reactive ketones (excluding diaryl/α,β-unsaturated/α-hetero) is 1. The Bertz CT molecular complexity index is 466. The van der Waals surface area contributed by atoms with Crippen LogP contribution in [0.1, 0.15) is 56.0 Å². The zero-order valence-electron chi connectivity index (χ0n) is 12.2. The van der Waals surface area contributed by atoms with Crippen LogP contribution in [-0.2, 0) is 4.79 Å². The van der Waals surface area contributed by atoms with Gasteiger partial charge >= 0.3 is 0 Å². The van der Waals surface area contributed by atoms with Crippen molar-refractivity contribution in [2.45, 2.75) is 47.0 Å². The third-order valence-corrected chi connectivity index (χ3v) is 3.34. The van der Waals surface area contributed by atoms with Gasteiger partial charge in [-0.3, -0.25) is 9.59 Å². The molecule has 1 aromatic rings. The van der Waals surface area contributed by atoms with Gasteiger partial charge < -0.3 is 5.32 Å². The van der Waals surface area contributed by atoms with Crippen molar-refractivity contribution < 1.29 is 9.59 Å². The lowest BCUT2D eigenvalue weighted by atomic mass is 10.0. The number of hydrogen-bond acceptors (Lipinski definition) is 2. The van der Waals surface area contributed by atoms with Crippen molar-refractivity contribution in [3.63, 3.8) is 0 Å². The highest BCUT2D eigenvalue weighted by Crippen LogP contribution is 2.19. The molecule has 0 spiro atoms. The Morgan fingerprint density at radius 1 is 1.32 bits per heavy atom. The SMILES string of the molecule is CCCC[C@@H](C)C(=O)Nc1cc(C(C)=O)ccc1C. The van der Waals surface area contributed by atoms with Gasteiger partial charge in [-0.25, -0.2) is 0 Å². The van der Waals surface area contributed by atoms with E-state index in [1.807, 2.05) is 19.9 Å². The van der Waals surface area contributed by atoms with E-state index in [9.17, 15) is 9.59 Å². The monoisotopic (exact) mass is 261 g/mol. The first-order valence-corrected chi connectivity index (χ1v) is 6.88. The number of rotatable bonds is 6. The summed E-state index contributed by atoms with van der Waals surface area (Å²) in [4.78, 5) is 23.4. The third kappa shape index (κ3) is 4.51. The maximum absolute atomic E-state index is 12.1. The second-order valence-corrected chi connectivity index (χ2v) is 5.12. The molecule has 0 aliphatic heterocycles. The van der Waals surface area contributed by atoms with Crippen LogP contribution in [0.2, 0.25) is 0 Å². The lowest BCUT2D eigenvalue weighted by Crippen LogP contribution is -2.21. The molecule has 0 unspecified atom stereocenters. The van der Waals surface area contributed by atoms with Crippen molar-refractivity contribution in [2.75, 3.05) is 5.32 Å². The van der Waals surface area contributed by atoms with E-state index in [1.165, 1.54) is 6.92 Å². The molecule has 0 heterocycles. The highest BCUT2D eigenvalue weighted by molar-refractivity contribution is 5.98. The fourth-order valence-corrected chi connectivity index (χ4v) is 1.87. The molecule has 1 atom stereocenters. The van der Waals surface area contributed by atoms with Gasteiger partial charge in [-0.1, -0.05) is 38.8 Å². The number of unbranched alkanes of at least 4 members (excludes halogenated alkanes) is 1. The van der Waals surface area contributed by atoms with E-state index in [0.717, 1.165) is 30.5 Å². The van der Waals surface area contributed by atoms with Gasteiger partial charge in [0, 0.05) is 17.2 Å². The van der Waals surface area contributed by atoms with Crippen LogP contribution in [0.15, 0.2) is 18.2 Å². The van der Waals surface area contributed by atoms with Gasteiger partial charge in [0.1, 0.15) is 0 Å². The quantitative estimate of drug-likeness (QED) is 0.788. The zero-order chi connectivity index (χ0) is 14.4. The number of carbonyl (C=O) groups excluding carboxylic acids is 2. The molecule has 0 fully saturated rings. The van der Waals surface area contributed by atoms with Crippen molar-refractivity contribution >= 4 is 17.4 Å². The minimum atomic E-state index is 0.000309. The van der Waals surface area contributed by atoms with Crippen LogP contribution in [0.4, 0.5) is 5.69 Å². The van der Waals surface area contributed by atoms with Crippen LogP contribution in [0.25, 0.3) is 0 Å². The van der Waals surface area contributed by atoms with Gasteiger partial charge in [-0.15, -0.1) is 0 Å². The second-order valence-electron chi connectivity index (χ2n) is 5.12. The number of anilines is 1. The van der Waals surface area contributed by atoms with E-state index in [4.69, 9.17) is 0 Å². The fraction of sp³-hybridized carbons (Fsp3) is 0.500. The molecule has 104 valence electrons. The molecule has 1 aromatic carbocycles. The number of aryl methyl sites for hydroxylation is 1. The van der Waals surface area contributed by atoms with Crippen LogP contribution < -0.4 is 5.32 Å². The summed E-state index contributed by atoms with van der Waals surface area (Å²) in [5.41, 5.74) is 2.34. The van der Waals surface area contributed by atoms with Crippen molar-refractivity contribution in [1.29, 1.82) is 0 Å². The molecule has 3 nitrogen and oxygen atoms in total. The Balaban J connectivity index is 2.78. The molecule has 0 saturated heterocycles. The maximum atomic E-state index is 12.1. The number of amides is 1. The smallest absolute Gasteiger partial charge is 0.227 e. The molecular weight excluding hydrogens is 238 g/mol. The number of benzene rings is 1. The summed E-state index contributed by atoms with van der Waals surface area (Å²) in [6.45, 7) is 7.51. The van der Waals surface area contributed by atoms with Gasteiger partial charge in [0.2, 0.25) is 5.91 Å². The lowest BCUT2D eigenvalue weighted by Gasteiger charge is -2.14. The van der Waals surface area contributed by atoms with Gasteiger partial charge in [0.15, 0.2) is 5.78 Å². The van der Waals surface area contributed by atoms with E-state index < -0.39 is 0 Å².